The molecule has 0 aliphatic carbocycles. The molecule has 0 bridgehead atoms. The van der Waals surface area contributed by atoms with Gasteiger partial charge in [0.2, 0.25) is 0 Å². The van der Waals surface area contributed by atoms with E-state index >= 15 is 0 Å². The summed E-state index contributed by atoms with van der Waals surface area (Å²) in [5, 5.41) is 9.78. The third-order valence-electron chi connectivity index (χ3n) is 4.19. The van der Waals surface area contributed by atoms with Crippen LogP contribution in [-0.4, -0.2) is 34.8 Å². The summed E-state index contributed by atoms with van der Waals surface area (Å²) in [4.78, 5) is 25.7. The van der Waals surface area contributed by atoms with E-state index in [-0.39, 0.29) is 11.9 Å². The molecule has 1 fully saturated rings. The smallest absolute Gasteiger partial charge is 0.321 e. The quantitative estimate of drug-likeness (QED) is 0.761. The van der Waals surface area contributed by atoms with E-state index in [0.29, 0.717) is 24.3 Å². The number of urea groups is 1. The minimum atomic E-state index is -0.191. The normalized spacial score (nSPS) is 13.5. The summed E-state index contributed by atoms with van der Waals surface area (Å²) in [5.74, 6) is -0.191. The number of nitrogens with one attached hydrogen (secondary N) is 2. The topological polar surface area (TPSA) is 79.3 Å². The maximum absolute atomic E-state index is 12.4. The van der Waals surface area contributed by atoms with Crippen molar-refractivity contribution in [1.82, 2.24) is 15.1 Å². The molecule has 3 amide bonds. The van der Waals surface area contributed by atoms with Crippen molar-refractivity contribution in [3.8, 4) is 5.69 Å². The van der Waals surface area contributed by atoms with Crippen LogP contribution in [0.4, 0.5) is 16.2 Å². The van der Waals surface area contributed by atoms with E-state index in [1.54, 1.807) is 40.0 Å². The highest BCUT2D eigenvalue weighted by molar-refractivity contribution is 6.04. The first-order chi connectivity index (χ1) is 12.7. The van der Waals surface area contributed by atoms with Gasteiger partial charge in [-0.05, 0) is 54.6 Å². The summed E-state index contributed by atoms with van der Waals surface area (Å²) in [6.45, 7) is 1.29. The predicted molar refractivity (Wildman–Crippen MR) is 98.7 cm³/mol. The van der Waals surface area contributed by atoms with Gasteiger partial charge >= 0.3 is 6.03 Å². The van der Waals surface area contributed by atoms with Crippen molar-refractivity contribution in [3.05, 3.63) is 72.6 Å². The molecule has 0 spiro atoms. The second-order valence-corrected chi connectivity index (χ2v) is 5.88. The molecule has 1 aromatic heterocycles. The molecule has 26 heavy (non-hydrogen) atoms. The van der Waals surface area contributed by atoms with Crippen molar-refractivity contribution in [2.45, 2.75) is 0 Å². The van der Waals surface area contributed by atoms with Gasteiger partial charge in [0.1, 0.15) is 0 Å². The number of benzene rings is 2. The van der Waals surface area contributed by atoms with Gasteiger partial charge in [-0.25, -0.2) is 9.48 Å². The van der Waals surface area contributed by atoms with Crippen LogP contribution in [0.25, 0.3) is 5.69 Å². The summed E-state index contributed by atoms with van der Waals surface area (Å²) < 4.78 is 1.73. The fourth-order valence-corrected chi connectivity index (χ4v) is 2.83. The highest BCUT2D eigenvalue weighted by Crippen LogP contribution is 2.20. The van der Waals surface area contributed by atoms with Gasteiger partial charge in [0.05, 0.1) is 5.69 Å². The zero-order chi connectivity index (χ0) is 17.9. The third kappa shape index (κ3) is 3.14. The van der Waals surface area contributed by atoms with Gasteiger partial charge in [-0.1, -0.05) is 0 Å². The highest BCUT2D eigenvalue weighted by Gasteiger charge is 2.20. The molecular weight excluding hydrogens is 330 g/mol. The van der Waals surface area contributed by atoms with Crippen LogP contribution in [0.1, 0.15) is 10.4 Å². The average Bonchev–Trinajstić information content (AvgIpc) is 3.34. The number of hydrogen-bond acceptors (Lipinski definition) is 3. The van der Waals surface area contributed by atoms with Crippen molar-refractivity contribution >= 4 is 23.3 Å². The average molecular weight is 347 g/mol. The zero-order valence-electron chi connectivity index (χ0n) is 13.9. The number of carbonyl (C=O) groups is 2. The second kappa shape index (κ2) is 6.72. The molecule has 2 N–H and O–H groups in total. The number of amides is 3. The van der Waals surface area contributed by atoms with Crippen LogP contribution in [0, 0.1) is 0 Å². The Balaban J connectivity index is 1.43. The lowest BCUT2D eigenvalue weighted by atomic mass is 10.2. The number of rotatable bonds is 4. The van der Waals surface area contributed by atoms with Crippen LogP contribution in [0.15, 0.2) is 67.0 Å². The fourth-order valence-electron chi connectivity index (χ4n) is 2.83. The standard InChI is InChI=1S/C19H17N5O2/c25-18(14-2-6-17(7-3-14)24-12-1-10-21-24)22-15-4-8-16(9-5-15)23-13-11-20-19(23)26/h1-10,12H,11,13H2,(H,20,26)(H,22,25). The minimum Gasteiger partial charge on any atom is -0.336 e. The Bertz CT molecular complexity index is 918. The van der Waals surface area contributed by atoms with E-state index in [4.69, 9.17) is 0 Å². The maximum atomic E-state index is 12.4. The van der Waals surface area contributed by atoms with E-state index in [2.05, 4.69) is 15.7 Å². The zero-order valence-corrected chi connectivity index (χ0v) is 13.9. The van der Waals surface area contributed by atoms with Gasteiger partial charge in [0, 0.05) is 42.4 Å². The predicted octanol–water partition coefficient (Wildman–Crippen LogP) is 2.65. The van der Waals surface area contributed by atoms with E-state index < -0.39 is 0 Å². The molecule has 7 heteroatoms. The Hall–Kier alpha value is -3.61. The Morgan fingerprint density at radius 3 is 2.38 bits per heavy atom. The first-order valence-corrected chi connectivity index (χ1v) is 8.27. The molecule has 2 heterocycles. The summed E-state index contributed by atoms with van der Waals surface area (Å²) in [7, 11) is 0. The monoisotopic (exact) mass is 347 g/mol. The summed E-state index contributed by atoms with van der Waals surface area (Å²) in [5.41, 5.74) is 2.93. The summed E-state index contributed by atoms with van der Waals surface area (Å²) >= 11 is 0. The molecule has 130 valence electrons. The van der Waals surface area contributed by atoms with Gasteiger partial charge in [0.15, 0.2) is 0 Å². The minimum absolute atomic E-state index is 0.0981. The van der Waals surface area contributed by atoms with Crippen molar-refractivity contribution in [2.24, 2.45) is 0 Å². The Morgan fingerprint density at radius 1 is 1.04 bits per heavy atom. The first-order valence-electron chi connectivity index (χ1n) is 8.27. The van der Waals surface area contributed by atoms with Crippen LogP contribution in [0.5, 0.6) is 0 Å². The van der Waals surface area contributed by atoms with Crippen molar-refractivity contribution in [3.63, 3.8) is 0 Å². The molecule has 3 aromatic rings. The second-order valence-electron chi connectivity index (χ2n) is 5.88. The molecule has 0 unspecified atom stereocenters. The van der Waals surface area contributed by atoms with E-state index in [0.717, 1.165) is 11.4 Å². The van der Waals surface area contributed by atoms with Gasteiger partial charge in [0.25, 0.3) is 5.91 Å². The molecular formula is C19H17N5O2. The molecule has 0 radical (unpaired) electrons. The van der Waals surface area contributed by atoms with E-state index in [1.165, 1.54) is 0 Å². The Morgan fingerprint density at radius 2 is 1.77 bits per heavy atom. The van der Waals surface area contributed by atoms with Crippen molar-refractivity contribution in [2.75, 3.05) is 23.3 Å². The number of nitrogens with zero attached hydrogens (tertiary/aromatic N) is 3. The van der Waals surface area contributed by atoms with Gasteiger partial charge < -0.3 is 10.6 Å². The fraction of sp³-hybridized carbons (Fsp3) is 0.105. The summed E-state index contributed by atoms with van der Waals surface area (Å²) in [6, 6.07) is 16.2. The lowest BCUT2D eigenvalue weighted by molar-refractivity contribution is 0.102. The first kappa shape index (κ1) is 15.9. The number of anilines is 2. The van der Waals surface area contributed by atoms with Gasteiger partial charge in [-0.3, -0.25) is 9.69 Å². The lowest BCUT2D eigenvalue weighted by Gasteiger charge is -2.14. The Kier molecular flexibility index (Phi) is 4.10. The third-order valence-corrected chi connectivity index (χ3v) is 4.19. The van der Waals surface area contributed by atoms with E-state index in [1.807, 2.05) is 36.5 Å². The molecule has 1 aliphatic heterocycles. The number of hydrogen-bond donors (Lipinski definition) is 2. The molecule has 0 saturated carbocycles. The van der Waals surface area contributed by atoms with Crippen LogP contribution < -0.4 is 15.5 Å². The molecule has 4 rings (SSSR count). The molecule has 0 atom stereocenters. The molecule has 7 nitrogen and oxygen atoms in total. The Labute approximate surface area is 150 Å². The van der Waals surface area contributed by atoms with Gasteiger partial charge in [-0.2, -0.15) is 5.10 Å². The SMILES string of the molecule is O=C(Nc1ccc(N2CCNC2=O)cc1)c1ccc(-n2cccn2)cc1. The van der Waals surface area contributed by atoms with Crippen molar-refractivity contribution < 1.29 is 9.59 Å². The molecule has 1 aliphatic rings. The molecule has 1 saturated heterocycles. The van der Waals surface area contributed by atoms with Crippen LogP contribution in [0.2, 0.25) is 0 Å². The highest BCUT2D eigenvalue weighted by atomic mass is 16.2. The van der Waals surface area contributed by atoms with Gasteiger partial charge in [-0.15, -0.1) is 0 Å². The van der Waals surface area contributed by atoms with Crippen LogP contribution >= 0.6 is 0 Å². The van der Waals surface area contributed by atoms with Crippen molar-refractivity contribution in [1.29, 1.82) is 0 Å². The van der Waals surface area contributed by atoms with E-state index in [9.17, 15) is 9.59 Å². The summed E-state index contributed by atoms with van der Waals surface area (Å²) in [6.07, 6.45) is 3.55. The number of carbonyl (C=O) groups excluding carboxylic acids is 2. The largest absolute Gasteiger partial charge is 0.336 e. The van der Waals surface area contributed by atoms with Crippen LogP contribution in [-0.2, 0) is 0 Å². The lowest BCUT2D eigenvalue weighted by Crippen LogP contribution is -2.27. The maximum Gasteiger partial charge on any atom is 0.321 e. The van der Waals surface area contributed by atoms with Crippen LogP contribution in [0.3, 0.4) is 0 Å². The number of aromatic nitrogens is 2. The molecule has 2 aromatic carbocycles.